The number of fused-ring (bicyclic) bond motifs is 1. The summed E-state index contributed by atoms with van der Waals surface area (Å²) in [5.41, 5.74) is 1.86. The van der Waals surface area contributed by atoms with E-state index in [0.717, 1.165) is 22.4 Å². The molecule has 0 aliphatic heterocycles. The summed E-state index contributed by atoms with van der Waals surface area (Å²) in [4.78, 5) is 15.2. The molecule has 0 aromatic carbocycles. The highest BCUT2D eigenvalue weighted by Gasteiger charge is 2.17. The highest BCUT2D eigenvalue weighted by molar-refractivity contribution is 5.91. The summed E-state index contributed by atoms with van der Waals surface area (Å²) >= 11 is 0. The first-order chi connectivity index (χ1) is 10.7. The lowest BCUT2D eigenvalue weighted by molar-refractivity contribution is -0.137. The van der Waals surface area contributed by atoms with E-state index in [0.29, 0.717) is 18.9 Å². The fourth-order valence-electron chi connectivity index (χ4n) is 3.17. The van der Waals surface area contributed by atoms with Crippen molar-refractivity contribution in [2.24, 2.45) is 0 Å². The van der Waals surface area contributed by atoms with E-state index in [-0.39, 0.29) is 6.42 Å². The largest absolute Gasteiger partial charge is 0.481 e. The number of H-pyrrole nitrogens is 1. The minimum Gasteiger partial charge on any atom is -0.481 e. The number of carboxylic acids is 1. The van der Waals surface area contributed by atoms with E-state index in [2.05, 4.69) is 20.5 Å². The van der Waals surface area contributed by atoms with Crippen molar-refractivity contribution in [2.75, 3.05) is 5.32 Å². The molecule has 2 heterocycles. The molecule has 22 heavy (non-hydrogen) atoms. The number of aryl methyl sites for hydroxylation is 1. The number of anilines is 1. The first-order valence-electron chi connectivity index (χ1n) is 8.04. The zero-order chi connectivity index (χ0) is 15.4. The maximum Gasteiger partial charge on any atom is 0.303 e. The van der Waals surface area contributed by atoms with Gasteiger partial charge in [0, 0.05) is 18.7 Å². The zero-order valence-electron chi connectivity index (χ0n) is 12.6. The van der Waals surface area contributed by atoms with Gasteiger partial charge in [-0.05, 0) is 31.7 Å². The monoisotopic (exact) mass is 302 g/mol. The molecule has 0 spiro atoms. The van der Waals surface area contributed by atoms with Crippen molar-refractivity contribution in [2.45, 2.75) is 57.4 Å². The smallest absolute Gasteiger partial charge is 0.303 e. The molecule has 0 atom stereocenters. The first-order valence-corrected chi connectivity index (χ1v) is 8.04. The van der Waals surface area contributed by atoms with Gasteiger partial charge in [0.1, 0.15) is 5.82 Å². The van der Waals surface area contributed by atoms with Gasteiger partial charge in [0.15, 0.2) is 0 Å². The number of aliphatic carboxylic acids is 1. The van der Waals surface area contributed by atoms with Crippen LogP contribution in [0, 0.1) is 0 Å². The lowest BCUT2D eigenvalue weighted by Gasteiger charge is -2.23. The van der Waals surface area contributed by atoms with Crippen LogP contribution in [-0.2, 0) is 11.2 Å². The molecule has 6 nitrogen and oxygen atoms in total. The molecule has 3 rings (SSSR count). The number of rotatable bonds is 6. The maximum absolute atomic E-state index is 10.7. The van der Waals surface area contributed by atoms with Gasteiger partial charge in [-0.15, -0.1) is 0 Å². The molecule has 0 amide bonds. The van der Waals surface area contributed by atoms with Gasteiger partial charge in [-0.3, -0.25) is 9.89 Å². The third-order valence-corrected chi connectivity index (χ3v) is 4.30. The Morgan fingerprint density at radius 3 is 2.95 bits per heavy atom. The predicted octanol–water partition coefficient (Wildman–Crippen LogP) is 3.11. The first kappa shape index (κ1) is 14.8. The van der Waals surface area contributed by atoms with Crippen LogP contribution in [0.1, 0.15) is 50.6 Å². The van der Waals surface area contributed by atoms with Crippen molar-refractivity contribution >= 4 is 22.7 Å². The van der Waals surface area contributed by atoms with Crippen LogP contribution in [0.25, 0.3) is 10.9 Å². The maximum atomic E-state index is 10.7. The summed E-state index contributed by atoms with van der Waals surface area (Å²) in [6.07, 6.45) is 9.42. The fraction of sp³-hybridized carbons (Fsp3) is 0.562. The lowest BCUT2D eigenvalue weighted by Crippen LogP contribution is -2.23. The van der Waals surface area contributed by atoms with E-state index in [1.807, 2.05) is 6.07 Å². The predicted molar refractivity (Wildman–Crippen MR) is 85.0 cm³/mol. The Morgan fingerprint density at radius 2 is 2.18 bits per heavy atom. The number of aromatic nitrogens is 3. The molecular formula is C16H22N4O2. The number of hydrogen-bond acceptors (Lipinski definition) is 4. The van der Waals surface area contributed by atoms with Gasteiger partial charge in [-0.1, -0.05) is 19.3 Å². The molecule has 1 aliphatic carbocycles. The van der Waals surface area contributed by atoms with Crippen LogP contribution < -0.4 is 5.32 Å². The Bertz CT molecular complexity index is 647. The Kier molecular flexibility index (Phi) is 4.56. The van der Waals surface area contributed by atoms with Crippen LogP contribution in [0.5, 0.6) is 0 Å². The van der Waals surface area contributed by atoms with Crippen LogP contribution in [0.2, 0.25) is 0 Å². The zero-order valence-corrected chi connectivity index (χ0v) is 12.6. The van der Waals surface area contributed by atoms with Crippen LogP contribution in [0.4, 0.5) is 5.82 Å². The molecule has 0 bridgehead atoms. The average Bonchev–Trinajstić information content (AvgIpc) is 2.92. The van der Waals surface area contributed by atoms with E-state index in [9.17, 15) is 4.79 Å². The number of hydrogen-bond donors (Lipinski definition) is 3. The van der Waals surface area contributed by atoms with Crippen LogP contribution >= 0.6 is 0 Å². The molecule has 0 saturated heterocycles. The van der Waals surface area contributed by atoms with Gasteiger partial charge < -0.3 is 10.4 Å². The molecule has 2 aromatic heterocycles. The highest BCUT2D eigenvalue weighted by atomic mass is 16.4. The van der Waals surface area contributed by atoms with Crippen molar-refractivity contribution < 1.29 is 9.90 Å². The molecule has 0 unspecified atom stereocenters. The van der Waals surface area contributed by atoms with Gasteiger partial charge >= 0.3 is 5.97 Å². The molecule has 1 fully saturated rings. The van der Waals surface area contributed by atoms with Crippen LogP contribution in [0.15, 0.2) is 12.3 Å². The third kappa shape index (κ3) is 3.37. The summed E-state index contributed by atoms with van der Waals surface area (Å²) in [6, 6.07) is 2.39. The fourth-order valence-corrected chi connectivity index (χ4v) is 3.17. The quantitative estimate of drug-likeness (QED) is 0.762. The molecule has 2 aromatic rings. The normalized spacial score (nSPS) is 16.0. The summed E-state index contributed by atoms with van der Waals surface area (Å²) in [6.45, 7) is 0. The second kappa shape index (κ2) is 6.77. The average molecular weight is 302 g/mol. The second-order valence-electron chi connectivity index (χ2n) is 5.98. The molecule has 6 heteroatoms. The van der Waals surface area contributed by atoms with E-state index in [1.165, 1.54) is 32.1 Å². The Labute approximate surface area is 129 Å². The van der Waals surface area contributed by atoms with E-state index >= 15 is 0 Å². The SMILES string of the molecule is O=C(O)CCCc1n[nH]c2ccnc(NC3CCCCC3)c12. The number of carboxylic acid groups (broad SMARTS) is 1. The Hall–Kier alpha value is -2.11. The number of aromatic amines is 1. The van der Waals surface area contributed by atoms with E-state index in [4.69, 9.17) is 5.11 Å². The Balaban J connectivity index is 1.79. The molecule has 1 aliphatic rings. The summed E-state index contributed by atoms with van der Waals surface area (Å²) < 4.78 is 0. The standard InChI is InChI=1S/C16H22N4O2/c21-14(22)8-4-7-12-15-13(20-19-12)9-10-17-16(15)18-11-5-2-1-3-6-11/h9-11H,1-8H2,(H,17,18)(H,19,20)(H,21,22). The van der Waals surface area contributed by atoms with Crippen molar-refractivity contribution in [3.8, 4) is 0 Å². The van der Waals surface area contributed by atoms with Crippen molar-refractivity contribution in [1.29, 1.82) is 0 Å². The van der Waals surface area contributed by atoms with Gasteiger partial charge in [0.2, 0.25) is 0 Å². The third-order valence-electron chi connectivity index (χ3n) is 4.30. The summed E-state index contributed by atoms with van der Waals surface area (Å²) in [5, 5.41) is 20.7. The topological polar surface area (TPSA) is 90.9 Å². The van der Waals surface area contributed by atoms with Crippen LogP contribution in [-0.4, -0.2) is 32.3 Å². The highest BCUT2D eigenvalue weighted by Crippen LogP contribution is 2.27. The number of nitrogens with one attached hydrogen (secondary N) is 2. The van der Waals surface area contributed by atoms with Crippen molar-refractivity contribution in [3.63, 3.8) is 0 Å². The van der Waals surface area contributed by atoms with Crippen molar-refractivity contribution in [1.82, 2.24) is 15.2 Å². The second-order valence-corrected chi connectivity index (χ2v) is 5.98. The van der Waals surface area contributed by atoms with Crippen LogP contribution in [0.3, 0.4) is 0 Å². The number of carbonyl (C=O) groups is 1. The molecular weight excluding hydrogens is 280 g/mol. The number of nitrogens with zero attached hydrogens (tertiary/aromatic N) is 2. The summed E-state index contributed by atoms with van der Waals surface area (Å²) in [7, 11) is 0. The summed E-state index contributed by atoms with van der Waals surface area (Å²) in [5.74, 6) is 0.113. The van der Waals surface area contributed by atoms with E-state index in [1.54, 1.807) is 6.20 Å². The van der Waals surface area contributed by atoms with Gasteiger partial charge in [0.25, 0.3) is 0 Å². The molecule has 1 saturated carbocycles. The van der Waals surface area contributed by atoms with Gasteiger partial charge in [-0.25, -0.2) is 4.98 Å². The molecule has 0 radical (unpaired) electrons. The van der Waals surface area contributed by atoms with Gasteiger partial charge in [0.05, 0.1) is 16.6 Å². The molecule has 3 N–H and O–H groups in total. The van der Waals surface area contributed by atoms with Crippen molar-refractivity contribution in [3.05, 3.63) is 18.0 Å². The number of pyridine rings is 1. The minimum absolute atomic E-state index is 0.167. The minimum atomic E-state index is -0.765. The Morgan fingerprint density at radius 1 is 1.36 bits per heavy atom. The van der Waals surface area contributed by atoms with Gasteiger partial charge in [-0.2, -0.15) is 5.10 Å². The molecule has 118 valence electrons. The lowest BCUT2D eigenvalue weighted by atomic mass is 9.95. The van der Waals surface area contributed by atoms with E-state index < -0.39 is 5.97 Å².